The zero-order valence-electron chi connectivity index (χ0n) is 17.1. The molecular formula is C27H20N2O2. The highest BCUT2D eigenvalue weighted by Crippen LogP contribution is 2.65. The molecule has 7 rings (SSSR count). The van der Waals surface area contributed by atoms with Gasteiger partial charge in [0.15, 0.2) is 0 Å². The predicted octanol–water partition coefficient (Wildman–Crippen LogP) is 4.52. The lowest BCUT2D eigenvalue weighted by molar-refractivity contribution is -0.123. The normalized spacial score (nSPS) is 27.5. The number of rotatable bonds is 2. The molecule has 0 spiro atoms. The first-order chi connectivity index (χ1) is 15.1. The minimum Gasteiger partial charge on any atom is -0.274 e. The molecular weight excluding hydrogens is 384 g/mol. The van der Waals surface area contributed by atoms with Gasteiger partial charge in [-0.3, -0.25) is 9.59 Å². The highest BCUT2D eigenvalue weighted by atomic mass is 16.2. The fourth-order valence-corrected chi connectivity index (χ4v) is 6.53. The van der Waals surface area contributed by atoms with Crippen LogP contribution in [0.2, 0.25) is 0 Å². The molecule has 31 heavy (non-hydrogen) atoms. The lowest BCUT2D eigenvalue weighted by Crippen LogP contribution is -2.53. The van der Waals surface area contributed by atoms with Crippen molar-refractivity contribution in [2.75, 3.05) is 4.90 Å². The number of imide groups is 1. The highest BCUT2D eigenvalue weighted by molar-refractivity contribution is 6.24. The third-order valence-electron chi connectivity index (χ3n) is 7.62. The van der Waals surface area contributed by atoms with E-state index in [1.807, 2.05) is 24.3 Å². The van der Waals surface area contributed by atoms with Gasteiger partial charge in [0.05, 0.1) is 23.1 Å². The SMILES string of the molecule is CCC12c3ccccc3C(c3ccccc31)[C@@H]1C(=O)N(c3ccccc3C#N)C(=O)[C@H]12. The molecule has 3 aromatic carbocycles. The zero-order chi connectivity index (χ0) is 21.3. The number of carbonyl (C=O) groups excluding carboxylic acids is 2. The average Bonchev–Trinajstić information content (AvgIpc) is 3.09. The molecule has 2 atom stereocenters. The molecule has 0 aromatic heterocycles. The van der Waals surface area contributed by atoms with Crippen LogP contribution in [0.1, 0.15) is 47.1 Å². The summed E-state index contributed by atoms with van der Waals surface area (Å²) in [6, 6.07) is 25.6. The molecule has 3 aromatic rings. The third kappa shape index (κ3) is 1.99. The van der Waals surface area contributed by atoms with E-state index < -0.39 is 17.3 Å². The van der Waals surface area contributed by atoms with E-state index in [1.54, 1.807) is 24.3 Å². The summed E-state index contributed by atoms with van der Waals surface area (Å²) in [6.07, 6.45) is 0.724. The molecule has 1 saturated heterocycles. The molecule has 1 fully saturated rings. The van der Waals surface area contributed by atoms with Crippen LogP contribution >= 0.6 is 0 Å². The second kappa shape index (κ2) is 6.15. The first-order valence-electron chi connectivity index (χ1n) is 10.7. The van der Waals surface area contributed by atoms with Gasteiger partial charge in [-0.05, 0) is 40.8 Å². The molecule has 150 valence electrons. The van der Waals surface area contributed by atoms with Gasteiger partial charge in [0, 0.05) is 11.3 Å². The fraction of sp³-hybridized carbons (Fsp3) is 0.222. The van der Waals surface area contributed by atoms with Crippen molar-refractivity contribution in [1.82, 2.24) is 0 Å². The van der Waals surface area contributed by atoms with Crippen molar-refractivity contribution in [3.8, 4) is 6.07 Å². The van der Waals surface area contributed by atoms with Crippen LogP contribution in [0.15, 0.2) is 72.8 Å². The largest absolute Gasteiger partial charge is 0.274 e. The van der Waals surface area contributed by atoms with Crippen LogP contribution in [0.25, 0.3) is 0 Å². The van der Waals surface area contributed by atoms with Crippen molar-refractivity contribution in [3.63, 3.8) is 0 Å². The molecule has 3 aliphatic carbocycles. The van der Waals surface area contributed by atoms with Crippen molar-refractivity contribution >= 4 is 17.5 Å². The molecule has 4 heteroatoms. The lowest BCUT2D eigenvalue weighted by atomic mass is 9.46. The number of benzene rings is 3. The van der Waals surface area contributed by atoms with Gasteiger partial charge in [-0.15, -0.1) is 0 Å². The van der Waals surface area contributed by atoms with Gasteiger partial charge in [0.1, 0.15) is 6.07 Å². The van der Waals surface area contributed by atoms with E-state index in [0.717, 1.165) is 17.5 Å². The van der Waals surface area contributed by atoms with E-state index in [-0.39, 0.29) is 17.7 Å². The number of para-hydroxylation sites is 1. The van der Waals surface area contributed by atoms with Crippen LogP contribution in [0.4, 0.5) is 5.69 Å². The average molecular weight is 404 g/mol. The van der Waals surface area contributed by atoms with Gasteiger partial charge in [-0.2, -0.15) is 5.26 Å². The van der Waals surface area contributed by atoms with E-state index in [2.05, 4.69) is 37.3 Å². The highest BCUT2D eigenvalue weighted by Gasteiger charge is 2.67. The smallest absolute Gasteiger partial charge is 0.239 e. The van der Waals surface area contributed by atoms with Crippen molar-refractivity contribution < 1.29 is 9.59 Å². The van der Waals surface area contributed by atoms with Gasteiger partial charge in [0.2, 0.25) is 11.8 Å². The molecule has 2 bridgehead atoms. The zero-order valence-corrected chi connectivity index (χ0v) is 17.1. The Bertz CT molecular complexity index is 1270. The Morgan fingerprint density at radius 2 is 1.45 bits per heavy atom. The van der Waals surface area contributed by atoms with Gasteiger partial charge in [-0.1, -0.05) is 67.6 Å². The van der Waals surface area contributed by atoms with Crippen LogP contribution in [0.5, 0.6) is 0 Å². The van der Waals surface area contributed by atoms with E-state index in [1.165, 1.54) is 16.0 Å². The molecule has 2 amide bonds. The molecule has 0 radical (unpaired) electrons. The summed E-state index contributed by atoms with van der Waals surface area (Å²) in [6.45, 7) is 2.11. The molecule has 0 N–H and O–H groups in total. The molecule has 1 aliphatic heterocycles. The first-order valence-corrected chi connectivity index (χ1v) is 10.7. The van der Waals surface area contributed by atoms with Gasteiger partial charge >= 0.3 is 0 Å². The number of hydrogen-bond acceptors (Lipinski definition) is 3. The second-order valence-electron chi connectivity index (χ2n) is 8.62. The first kappa shape index (κ1) is 18.1. The van der Waals surface area contributed by atoms with E-state index >= 15 is 0 Å². The van der Waals surface area contributed by atoms with Crippen LogP contribution in [-0.2, 0) is 15.0 Å². The molecule has 0 unspecified atom stereocenters. The summed E-state index contributed by atoms with van der Waals surface area (Å²) < 4.78 is 0. The van der Waals surface area contributed by atoms with E-state index in [0.29, 0.717) is 11.3 Å². The summed E-state index contributed by atoms with van der Waals surface area (Å²) >= 11 is 0. The van der Waals surface area contributed by atoms with Crippen LogP contribution < -0.4 is 4.90 Å². The Balaban J connectivity index is 1.65. The predicted molar refractivity (Wildman–Crippen MR) is 116 cm³/mol. The quantitative estimate of drug-likeness (QED) is 0.590. The maximum absolute atomic E-state index is 14.0. The lowest BCUT2D eigenvalue weighted by Gasteiger charge is -2.54. The number of nitrogens with zero attached hydrogens (tertiary/aromatic N) is 2. The summed E-state index contributed by atoms with van der Waals surface area (Å²) in [7, 11) is 0. The maximum Gasteiger partial charge on any atom is 0.239 e. The Morgan fingerprint density at radius 1 is 0.871 bits per heavy atom. The standard InChI is InChI=1S/C27H20N2O2/c1-2-27-19-12-6-4-10-17(19)22(18-11-5-7-13-20(18)27)23-24(27)26(31)29(25(23)30)21-14-8-3-9-16(21)15-28/h3-14,22-24H,2H2,1H3/t22?,23-,24-,27?/m0/s1. The topological polar surface area (TPSA) is 61.2 Å². The van der Waals surface area contributed by atoms with Crippen molar-refractivity contribution in [2.24, 2.45) is 11.8 Å². The Labute approximate surface area is 180 Å². The van der Waals surface area contributed by atoms with Crippen LogP contribution in [0.3, 0.4) is 0 Å². The molecule has 4 aliphatic rings. The van der Waals surface area contributed by atoms with E-state index in [9.17, 15) is 14.9 Å². The van der Waals surface area contributed by atoms with Crippen molar-refractivity contribution in [3.05, 3.63) is 101 Å². The Hall–Kier alpha value is -3.71. The monoisotopic (exact) mass is 404 g/mol. The van der Waals surface area contributed by atoms with Crippen molar-refractivity contribution in [1.29, 1.82) is 5.26 Å². The fourth-order valence-electron chi connectivity index (χ4n) is 6.53. The number of nitriles is 1. The summed E-state index contributed by atoms with van der Waals surface area (Å²) in [5.41, 5.74) is 4.83. The van der Waals surface area contributed by atoms with Crippen molar-refractivity contribution in [2.45, 2.75) is 24.7 Å². The third-order valence-corrected chi connectivity index (χ3v) is 7.62. The van der Waals surface area contributed by atoms with Gasteiger partial charge < -0.3 is 0 Å². The Morgan fingerprint density at radius 3 is 2.06 bits per heavy atom. The molecule has 0 saturated carbocycles. The van der Waals surface area contributed by atoms with Gasteiger partial charge in [0.25, 0.3) is 0 Å². The van der Waals surface area contributed by atoms with Crippen LogP contribution in [0, 0.1) is 23.2 Å². The number of hydrogen-bond donors (Lipinski definition) is 0. The summed E-state index contributed by atoms with van der Waals surface area (Å²) in [4.78, 5) is 29.2. The Kier molecular flexibility index (Phi) is 3.59. The second-order valence-corrected chi connectivity index (χ2v) is 8.62. The summed E-state index contributed by atoms with van der Waals surface area (Å²) in [5.74, 6) is -1.45. The minimum atomic E-state index is -0.546. The minimum absolute atomic E-state index is 0.151. The maximum atomic E-state index is 14.0. The number of amides is 2. The van der Waals surface area contributed by atoms with Gasteiger partial charge in [-0.25, -0.2) is 4.90 Å². The number of anilines is 1. The van der Waals surface area contributed by atoms with Crippen LogP contribution in [-0.4, -0.2) is 11.8 Å². The molecule has 1 heterocycles. The number of carbonyl (C=O) groups is 2. The summed E-state index contributed by atoms with van der Waals surface area (Å²) in [5, 5.41) is 9.61. The van der Waals surface area contributed by atoms with E-state index in [4.69, 9.17) is 0 Å². The molecule has 4 nitrogen and oxygen atoms in total.